The van der Waals surface area contributed by atoms with Crippen LogP contribution in [0.25, 0.3) is 0 Å². The van der Waals surface area contributed by atoms with Crippen molar-refractivity contribution in [2.75, 3.05) is 6.54 Å². The maximum atomic E-state index is 11.2. The summed E-state index contributed by atoms with van der Waals surface area (Å²) < 4.78 is 0. The predicted octanol–water partition coefficient (Wildman–Crippen LogP) is 2.66. The molecule has 2 amide bonds. The molecule has 0 spiro atoms. The van der Waals surface area contributed by atoms with Gasteiger partial charge in [0.15, 0.2) is 0 Å². The summed E-state index contributed by atoms with van der Waals surface area (Å²) in [5.74, 6) is 0. The standard InChI is InChI=1S/C11H24N2O/c1-4-6-7-8-10(3)13-11(14)12-9-5-2/h10H,4-9H2,1-3H3,(H2,12,13,14)/t10-/m0/s1. The topological polar surface area (TPSA) is 41.1 Å². The van der Waals surface area contributed by atoms with Crippen LogP contribution in [0.2, 0.25) is 0 Å². The van der Waals surface area contributed by atoms with Gasteiger partial charge in [0.25, 0.3) is 0 Å². The Hall–Kier alpha value is -0.730. The summed E-state index contributed by atoms with van der Waals surface area (Å²) >= 11 is 0. The van der Waals surface area contributed by atoms with Crippen molar-refractivity contribution in [2.24, 2.45) is 0 Å². The van der Waals surface area contributed by atoms with Crippen molar-refractivity contribution >= 4 is 6.03 Å². The normalized spacial score (nSPS) is 12.2. The number of carbonyl (C=O) groups excluding carboxylic acids is 1. The van der Waals surface area contributed by atoms with Crippen molar-refractivity contribution in [1.29, 1.82) is 0 Å². The molecule has 0 aromatic carbocycles. The number of rotatable bonds is 7. The van der Waals surface area contributed by atoms with Crippen LogP contribution in [0.15, 0.2) is 0 Å². The van der Waals surface area contributed by atoms with Gasteiger partial charge < -0.3 is 10.6 Å². The van der Waals surface area contributed by atoms with Gasteiger partial charge in [-0.3, -0.25) is 0 Å². The van der Waals surface area contributed by atoms with Crippen molar-refractivity contribution in [3.05, 3.63) is 0 Å². The third kappa shape index (κ3) is 7.90. The number of urea groups is 1. The molecular formula is C11H24N2O. The molecule has 0 unspecified atom stereocenters. The van der Waals surface area contributed by atoms with Gasteiger partial charge in [0.05, 0.1) is 0 Å². The lowest BCUT2D eigenvalue weighted by Gasteiger charge is -2.13. The fourth-order valence-electron chi connectivity index (χ4n) is 1.29. The summed E-state index contributed by atoms with van der Waals surface area (Å²) in [5.41, 5.74) is 0. The lowest BCUT2D eigenvalue weighted by atomic mass is 10.1. The van der Waals surface area contributed by atoms with Crippen LogP contribution in [0, 0.1) is 0 Å². The van der Waals surface area contributed by atoms with E-state index in [-0.39, 0.29) is 6.03 Å². The summed E-state index contributed by atoms with van der Waals surface area (Å²) in [6, 6.07) is 0.259. The first-order valence-electron chi connectivity index (χ1n) is 5.75. The highest BCUT2D eigenvalue weighted by atomic mass is 16.2. The summed E-state index contributed by atoms with van der Waals surface area (Å²) in [6.45, 7) is 7.05. The van der Waals surface area contributed by atoms with Crippen LogP contribution in [0.3, 0.4) is 0 Å². The number of hydrogen-bond donors (Lipinski definition) is 2. The lowest BCUT2D eigenvalue weighted by Crippen LogP contribution is -2.40. The van der Waals surface area contributed by atoms with Crippen molar-refractivity contribution in [3.8, 4) is 0 Å². The van der Waals surface area contributed by atoms with E-state index in [1.165, 1.54) is 19.3 Å². The molecule has 0 radical (unpaired) electrons. The molecule has 0 aliphatic rings. The minimum Gasteiger partial charge on any atom is -0.338 e. The first-order valence-corrected chi connectivity index (χ1v) is 5.75. The largest absolute Gasteiger partial charge is 0.338 e. The van der Waals surface area contributed by atoms with E-state index >= 15 is 0 Å². The molecule has 3 nitrogen and oxygen atoms in total. The molecule has 14 heavy (non-hydrogen) atoms. The van der Waals surface area contributed by atoms with Gasteiger partial charge >= 0.3 is 6.03 Å². The van der Waals surface area contributed by atoms with Gasteiger partial charge in [-0.25, -0.2) is 4.79 Å². The first kappa shape index (κ1) is 13.3. The summed E-state index contributed by atoms with van der Waals surface area (Å²) in [7, 11) is 0. The molecular weight excluding hydrogens is 176 g/mol. The fourth-order valence-corrected chi connectivity index (χ4v) is 1.29. The van der Waals surface area contributed by atoms with Crippen LogP contribution in [0.5, 0.6) is 0 Å². The molecule has 0 aliphatic heterocycles. The Morgan fingerprint density at radius 3 is 2.50 bits per heavy atom. The second-order valence-electron chi connectivity index (χ2n) is 3.80. The first-order chi connectivity index (χ1) is 6.70. The van der Waals surface area contributed by atoms with E-state index in [0.29, 0.717) is 6.04 Å². The van der Waals surface area contributed by atoms with Gasteiger partial charge in [0, 0.05) is 12.6 Å². The number of nitrogens with one attached hydrogen (secondary N) is 2. The molecule has 0 rings (SSSR count). The summed E-state index contributed by atoms with van der Waals surface area (Å²) in [5, 5.41) is 5.73. The number of hydrogen-bond acceptors (Lipinski definition) is 1. The Kier molecular flexibility index (Phi) is 8.39. The quantitative estimate of drug-likeness (QED) is 0.609. The molecule has 2 N–H and O–H groups in total. The van der Waals surface area contributed by atoms with E-state index in [9.17, 15) is 4.79 Å². The molecule has 0 aromatic rings. The molecule has 0 saturated heterocycles. The molecule has 84 valence electrons. The van der Waals surface area contributed by atoms with E-state index in [1.807, 2.05) is 6.92 Å². The average Bonchev–Trinajstić information content (AvgIpc) is 2.15. The van der Waals surface area contributed by atoms with Crippen molar-refractivity contribution < 1.29 is 4.79 Å². The van der Waals surface area contributed by atoms with Gasteiger partial charge in [0.2, 0.25) is 0 Å². The molecule has 0 saturated carbocycles. The number of amides is 2. The summed E-state index contributed by atoms with van der Waals surface area (Å²) in [4.78, 5) is 11.2. The Bertz CT molecular complexity index is 148. The van der Waals surface area contributed by atoms with E-state index in [0.717, 1.165) is 19.4 Å². The Morgan fingerprint density at radius 2 is 1.93 bits per heavy atom. The monoisotopic (exact) mass is 200 g/mol. The third-order valence-corrected chi connectivity index (χ3v) is 2.15. The van der Waals surface area contributed by atoms with Crippen LogP contribution >= 0.6 is 0 Å². The second kappa shape index (κ2) is 8.85. The molecule has 0 aromatic heterocycles. The zero-order valence-electron chi connectivity index (χ0n) is 9.73. The molecule has 0 fully saturated rings. The van der Waals surface area contributed by atoms with Crippen molar-refractivity contribution in [2.45, 2.75) is 58.9 Å². The highest BCUT2D eigenvalue weighted by Crippen LogP contribution is 2.02. The Balaban J connectivity index is 3.40. The number of unbranched alkanes of at least 4 members (excludes halogenated alkanes) is 2. The van der Waals surface area contributed by atoms with Gasteiger partial charge in [-0.2, -0.15) is 0 Å². The summed E-state index contributed by atoms with van der Waals surface area (Å²) in [6.07, 6.45) is 5.74. The van der Waals surface area contributed by atoms with Gasteiger partial charge in [0.1, 0.15) is 0 Å². The zero-order chi connectivity index (χ0) is 10.8. The van der Waals surface area contributed by atoms with Crippen LogP contribution in [0.4, 0.5) is 4.79 Å². The van der Waals surface area contributed by atoms with Crippen LogP contribution < -0.4 is 10.6 Å². The minimum absolute atomic E-state index is 0.0316. The Labute approximate surface area is 87.6 Å². The van der Waals surface area contributed by atoms with Gasteiger partial charge in [-0.15, -0.1) is 0 Å². The van der Waals surface area contributed by atoms with Crippen LogP contribution in [-0.4, -0.2) is 18.6 Å². The second-order valence-corrected chi connectivity index (χ2v) is 3.80. The predicted molar refractivity (Wildman–Crippen MR) is 60.4 cm³/mol. The maximum absolute atomic E-state index is 11.2. The van der Waals surface area contributed by atoms with Crippen molar-refractivity contribution in [1.82, 2.24) is 10.6 Å². The SMILES string of the molecule is CCCCC[C@H](C)NC(=O)NCCC. The molecule has 0 bridgehead atoms. The molecule has 1 atom stereocenters. The van der Waals surface area contributed by atoms with Gasteiger partial charge in [-0.05, 0) is 19.8 Å². The smallest absolute Gasteiger partial charge is 0.314 e. The third-order valence-electron chi connectivity index (χ3n) is 2.15. The Morgan fingerprint density at radius 1 is 1.21 bits per heavy atom. The van der Waals surface area contributed by atoms with Crippen LogP contribution in [0.1, 0.15) is 52.9 Å². The van der Waals surface area contributed by atoms with E-state index < -0.39 is 0 Å². The average molecular weight is 200 g/mol. The van der Waals surface area contributed by atoms with E-state index in [2.05, 4.69) is 24.5 Å². The van der Waals surface area contributed by atoms with Crippen LogP contribution in [-0.2, 0) is 0 Å². The van der Waals surface area contributed by atoms with Crippen molar-refractivity contribution in [3.63, 3.8) is 0 Å². The molecule has 3 heteroatoms. The zero-order valence-corrected chi connectivity index (χ0v) is 9.73. The highest BCUT2D eigenvalue weighted by Gasteiger charge is 2.04. The number of carbonyl (C=O) groups is 1. The molecule has 0 heterocycles. The lowest BCUT2D eigenvalue weighted by molar-refractivity contribution is 0.237. The fraction of sp³-hybridized carbons (Fsp3) is 0.909. The van der Waals surface area contributed by atoms with E-state index in [4.69, 9.17) is 0 Å². The minimum atomic E-state index is -0.0316. The maximum Gasteiger partial charge on any atom is 0.314 e. The molecule has 0 aliphatic carbocycles. The highest BCUT2D eigenvalue weighted by molar-refractivity contribution is 5.74. The van der Waals surface area contributed by atoms with Gasteiger partial charge in [-0.1, -0.05) is 33.1 Å². The van der Waals surface area contributed by atoms with E-state index in [1.54, 1.807) is 0 Å².